The summed E-state index contributed by atoms with van der Waals surface area (Å²) in [5.74, 6) is -1.42. The fraction of sp³-hybridized carbons (Fsp3) is 0.615. The molecule has 0 bridgehead atoms. The van der Waals surface area contributed by atoms with Crippen LogP contribution in [0.15, 0.2) is 18.2 Å². The molecule has 9 heteroatoms. The van der Waals surface area contributed by atoms with E-state index in [1.54, 1.807) is 45.9 Å². The van der Waals surface area contributed by atoms with Gasteiger partial charge in [-0.1, -0.05) is 19.9 Å². The molecule has 0 aliphatic carbocycles. The fourth-order valence-electron chi connectivity index (χ4n) is 3.72. The first-order valence-corrected chi connectivity index (χ1v) is 11.9. The number of amides is 2. The number of carboxylic acid groups (broad SMARTS) is 1. The largest absolute Gasteiger partial charge is 0.481 e. The van der Waals surface area contributed by atoms with Crippen LogP contribution in [-0.2, 0) is 25.5 Å². The second-order valence-electron chi connectivity index (χ2n) is 10.8. The van der Waals surface area contributed by atoms with Crippen molar-refractivity contribution in [2.45, 2.75) is 91.0 Å². The maximum atomic E-state index is 13.1. The third-order valence-corrected chi connectivity index (χ3v) is 5.65. The number of aliphatic carboxylic acids is 1. The van der Waals surface area contributed by atoms with Crippen LogP contribution in [0.25, 0.3) is 0 Å². The lowest BCUT2D eigenvalue weighted by atomic mass is 9.92. The number of hydrogen-bond acceptors (Lipinski definition) is 6. The molecule has 2 rings (SSSR count). The van der Waals surface area contributed by atoms with Crippen LogP contribution >= 0.6 is 0 Å². The number of alkyl carbamates (subject to hydrolysis) is 1. The number of Topliss-reactive ketones (excluding diaryl/α,β-unsaturated/α-hetero) is 1. The Morgan fingerprint density at radius 3 is 2.31 bits per heavy atom. The number of nitrogens with one attached hydrogen (secondary N) is 2. The van der Waals surface area contributed by atoms with Crippen molar-refractivity contribution in [2.75, 3.05) is 6.61 Å². The average molecular weight is 491 g/mol. The normalized spacial score (nSPS) is 19.0. The van der Waals surface area contributed by atoms with Crippen LogP contribution in [0, 0.1) is 12.8 Å². The van der Waals surface area contributed by atoms with Gasteiger partial charge in [0.1, 0.15) is 11.2 Å². The molecule has 1 aromatic carbocycles. The van der Waals surface area contributed by atoms with Crippen molar-refractivity contribution < 1.29 is 33.8 Å². The monoisotopic (exact) mass is 490 g/mol. The van der Waals surface area contributed by atoms with E-state index in [-0.39, 0.29) is 24.5 Å². The van der Waals surface area contributed by atoms with Crippen LogP contribution in [0.2, 0.25) is 0 Å². The number of hydrogen-bond donors (Lipinski definition) is 3. The molecule has 0 radical (unpaired) electrons. The first-order valence-electron chi connectivity index (χ1n) is 11.9. The highest BCUT2D eigenvalue weighted by molar-refractivity contribution is 6.01. The molecule has 1 saturated heterocycles. The zero-order valence-electron chi connectivity index (χ0n) is 21.7. The SMILES string of the molecule is Cc1ccc(C(=O)NC(CC(C)C)C(=O)[C@@]2(C)CO2)cc1CC(CC(=O)O)NC(=O)OC(C)(C)C. The molecule has 0 aromatic heterocycles. The molecule has 1 fully saturated rings. The van der Waals surface area contributed by atoms with E-state index >= 15 is 0 Å². The summed E-state index contributed by atoms with van der Waals surface area (Å²) < 4.78 is 10.5. The smallest absolute Gasteiger partial charge is 0.407 e. The second-order valence-corrected chi connectivity index (χ2v) is 10.8. The Hall–Kier alpha value is -2.94. The van der Waals surface area contributed by atoms with Gasteiger partial charge in [-0.05, 0) is 76.6 Å². The zero-order chi connectivity index (χ0) is 26.6. The molecule has 0 spiro atoms. The van der Waals surface area contributed by atoms with Crippen molar-refractivity contribution in [3.8, 4) is 0 Å². The molecule has 9 nitrogen and oxygen atoms in total. The Bertz CT molecular complexity index is 961. The van der Waals surface area contributed by atoms with Crippen LogP contribution in [0.4, 0.5) is 4.79 Å². The Balaban J connectivity index is 2.19. The number of ether oxygens (including phenoxy) is 2. The van der Waals surface area contributed by atoms with E-state index in [1.807, 2.05) is 20.8 Å². The van der Waals surface area contributed by atoms with Gasteiger partial charge in [-0.3, -0.25) is 14.4 Å². The van der Waals surface area contributed by atoms with E-state index in [4.69, 9.17) is 9.47 Å². The lowest BCUT2D eigenvalue weighted by Crippen LogP contribution is -2.46. The minimum Gasteiger partial charge on any atom is -0.481 e. The van der Waals surface area contributed by atoms with Gasteiger partial charge < -0.3 is 25.2 Å². The number of ketones is 1. The van der Waals surface area contributed by atoms with Crippen molar-refractivity contribution in [1.29, 1.82) is 0 Å². The van der Waals surface area contributed by atoms with E-state index in [2.05, 4.69) is 10.6 Å². The van der Waals surface area contributed by atoms with E-state index in [1.165, 1.54) is 0 Å². The number of aryl methyl sites for hydroxylation is 1. The lowest BCUT2D eigenvalue weighted by Gasteiger charge is -2.24. The maximum Gasteiger partial charge on any atom is 0.407 e. The van der Waals surface area contributed by atoms with Gasteiger partial charge in [0.25, 0.3) is 5.91 Å². The summed E-state index contributed by atoms with van der Waals surface area (Å²) in [6, 6.07) is 3.69. The molecule has 2 unspecified atom stereocenters. The Labute approximate surface area is 206 Å². The summed E-state index contributed by atoms with van der Waals surface area (Å²) >= 11 is 0. The lowest BCUT2D eigenvalue weighted by molar-refractivity contribution is -0.137. The Morgan fingerprint density at radius 1 is 1.17 bits per heavy atom. The fourth-order valence-corrected chi connectivity index (χ4v) is 3.72. The van der Waals surface area contributed by atoms with Crippen LogP contribution in [0.1, 0.15) is 75.9 Å². The van der Waals surface area contributed by atoms with Gasteiger partial charge in [0.05, 0.1) is 19.1 Å². The second kappa shape index (κ2) is 11.2. The topological polar surface area (TPSA) is 134 Å². The van der Waals surface area contributed by atoms with E-state index in [0.717, 1.165) is 5.56 Å². The van der Waals surface area contributed by atoms with Gasteiger partial charge in [-0.2, -0.15) is 0 Å². The van der Waals surface area contributed by atoms with Gasteiger partial charge in [-0.15, -0.1) is 0 Å². The molecular weight excluding hydrogens is 452 g/mol. The average Bonchev–Trinajstić information content (AvgIpc) is 3.44. The zero-order valence-corrected chi connectivity index (χ0v) is 21.7. The minimum atomic E-state index is -1.07. The highest BCUT2D eigenvalue weighted by Gasteiger charge is 2.50. The highest BCUT2D eigenvalue weighted by Crippen LogP contribution is 2.30. The summed E-state index contributed by atoms with van der Waals surface area (Å²) in [7, 11) is 0. The summed E-state index contributed by atoms with van der Waals surface area (Å²) in [5, 5.41) is 14.8. The quantitative estimate of drug-likeness (QED) is 0.405. The van der Waals surface area contributed by atoms with Crippen LogP contribution in [0.3, 0.4) is 0 Å². The van der Waals surface area contributed by atoms with E-state index in [9.17, 15) is 24.3 Å². The molecule has 3 N–H and O–H groups in total. The molecule has 3 atom stereocenters. The number of carboxylic acids is 1. The molecule has 0 saturated carbocycles. The first kappa shape index (κ1) is 28.3. The molecule has 1 aliphatic rings. The molecule has 194 valence electrons. The van der Waals surface area contributed by atoms with Crippen molar-refractivity contribution in [2.24, 2.45) is 5.92 Å². The molecule has 35 heavy (non-hydrogen) atoms. The van der Waals surface area contributed by atoms with E-state index < -0.39 is 41.3 Å². The summed E-state index contributed by atoms with van der Waals surface area (Å²) in [6.45, 7) is 13.0. The Kier molecular flexibility index (Phi) is 9.06. The number of carbonyl (C=O) groups excluding carboxylic acids is 3. The van der Waals surface area contributed by atoms with Gasteiger partial charge in [0.15, 0.2) is 5.78 Å². The number of epoxide rings is 1. The van der Waals surface area contributed by atoms with Gasteiger partial charge >= 0.3 is 12.1 Å². The number of benzene rings is 1. The molecule has 2 amide bonds. The predicted molar refractivity (Wildman–Crippen MR) is 130 cm³/mol. The van der Waals surface area contributed by atoms with Crippen LogP contribution < -0.4 is 10.6 Å². The number of carbonyl (C=O) groups is 4. The molecular formula is C26H38N2O7. The first-order chi connectivity index (χ1) is 16.1. The molecule has 1 heterocycles. The van der Waals surface area contributed by atoms with Crippen molar-refractivity contribution in [3.05, 3.63) is 34.9 Å². The summed E-state index contributed by atoms with van der Waals surface area (Å²) in [5.41, 5.74) is 0.335. The van der Waals surface area contributed by atoms with Gasteiger partial charge in [-0.25, -0.2) is 4.79 Å². The molecule has 1 aliphatic heterocycles. The van der Waals surface area contributed by atoms with Crippen molar-refractivity contribution in [1.82, 2.24) is 10.6 Å². The molecule has 1 aromatic rings. The Morgan fingerprint density at radius 2 is 1.80 bits per heavy atom. The summed E-state index contributed by atoms with van der Waals surface area (Å²) in [6.07, 6.45) is -0.332. The minimum absolute atomic E-state index is 0.144. The number of rotatable bonds is 11. The van der Waals surface area contributed by atoms with Crippen molar-refractivity contribution >= 4 is 23.8 Å². The highest BCUT2D eigenvalue weighted by atomic mass is 16.6. The van der Waals surface area contributed by atoms with Crippen LogP contribution in [0.5, 0.6) is 0 Å². The van der Waals surface area contributed by atoms with E-state index in [0.29, 0.717) is 24.2 Å². The third kappa shape index (κ3) is 8.98. The van der Waals surface area contributed by atoms with Gasteiger partial charge in [0, 0.05) is 11.6 Å². The predicted octanol–water partition coefficient (Wildman–Crippen LogP) is 3.41. The van der Waals surface area contributed by atoms with Crippen molar-refractivity contribution in [3.63, 3.8) is 0 Å². The van der Waals surface area contributed by atoms with Crippen LogP contribution in [-0.4, -0.2) is 58.8 Å². The summed E-state index contributed by atoms with van der Waals surface area (Å²) in [4.78, 5) is 49.5. The van der Waals surface area contributed by atoms with Gasteiger partial charge in [0.2, 0.25) is 0 Å². The standard InChI is InChI=1S/C26H38N2O7/c1-15(2)10-20(22(31)26(7)14-34-26)28-23(32)17-9-8-16(3)18(11-17)12-19(13-21(29)30)27-24(33)35-25(4,5)6/h8-9,11,15,19-20H,10,12-14H2,1-7H3,(H,27,33)(H,28,32)(H,29,30)/t19?,20?,26-/m1/s1. The maximum absolute atomic E-state index is 13.1. The third-order valence-electron chi connectivity index (χ3n) is 5.65.